The zero-order valence-corrected chi connectivity index (χ0v) is 12.0. The lowest BCUT2D eigenvalue weighted by Crippen LogP contribution is -2.42. The van der Waals surface area contributed by atoms with E-state index in [4.69, 9.17) is 5.73 Å². The maximum absolute atomic E-state index is 12.1. The molecule has 0 bridgehead atoms. The van der Waals surface area contributed by atoms with E-state index < -0.39 is 10.0 Å². The van der Waals surface area contributed by atoms with Gasteiger partial charge in [-0.2, -0.15) is 0 Å². The second-order valence-electron chi connectivity index (χ2n) is 4.80. The molecule has 110 valence electrons. The van der Waals surface area contributed by atoms with Crippen LogP contribution in [0.4, 0.5) is 5.69 Å². The van der Waals surface area contributed by atoms with E-state index in [1.54, 1.807) is 17.0 Å². The summed E-state index contributed by atoms with van der Waals surface area (Å²) < 4.78 is 26.5. The fourth-order valence-corrected chi connectivity index (χ4v) is 3.32. The second kappa shape index (κ2) is 6.23. The summed E-state index contributed by atoms with van der Waals surface area (Å²) in [4.78, 5) is 13.6. The molecule has 1 aliphatic rings. The van der Waals surface area contributed by atoms with Crippen LogP contribution in [0.25, 0.3) is 0 Å². The van der Waals surface area contributed by atoms with Crippen LogP contribution >= 0.6 is 0 Å². The van der Waals surface area contributed by atoms with Crippen molar-refractivity contribution in [1.29, 1.82) is 0 Å². The van der Waals surface area contributed by atoms with E-state index in [1.807, 2.05) is 0 Å². The second-order valence-corrected chi connectivity index (χ2v) is 6.54. The maximum Gasteiger partial charge on any atom is 0.243 e. The van der Waals surface area contributed by atoms with Gasteiger partial charge in [-0.15, -0.1) is 0 Å². The van der Waals surface area contributed by atoms with Crippen molar-refractivity contribution in [3.63, 3.8) is 0 Å². The van der Waals surface area contributed by atoms with Gasteiger partial charge in [0.05, 0.1) is 12.2 Å². The van der Waals surface area contributed by atoms with Crippen molar-refractivity contribution in [2.24, 2.45) is 0 Å². The topological polar surface area (TPSA) is 92.5 Å². The van der Waals surface area contributed by atoms with Crippen molar-refractivity contribution in [1.82, 2.24) is 9.62 Å². The molecule has 1 amide bonds. The number of piperidine rings is 1. The smallest absolute Gasteiger partial charge is 0.243 e. The van der Waals surface area contributed by atoms with Crippen LogP contribution in [0, 0.1) is 0 Å². The largest absolute Gasteiger partial charge is 0.398 e. The molecule has 1 saturated heterocycles. The molecule has 7 heteroatoms. The summed E-state index contributed by atoms with van der Waals surface area (Å²) in [5.74, 6) is -0.192. The summed E-state index contributed by atoms with van der Waals surface area (Å²) in [7, 11) is -3.75. The standard InChI is InChI=1S/C13H19N3O3S/c14-11-6-2-3-7-12(11)20(18,19)15-10-13(17)16-8-4-1-5-9-16/h2-3,6-7,15H,1,4-5,8-10,14H2. The highest BCUT2D eigenvalue weighted by Gasteiger charge is 2.21. The number of sulfonamides is 1. The Balaban J connectivity index is 1.99. The first-order chi connectivity index (χ1) is 9.50. The molecule has 1 heterocycles. The predicted octanol–water partition coefficient (Wildman–Crippen LogP) is 0.560. The number of hydrogen-bond acceptors (Lipinski definition) is 4. The maximum atomic E-state index is 12.1. The first-order valence-corrected chi connectivity index (χ1v) is 8.11. The Labute approximate surface area is 119 Å². The summed E-state index contributed by atoms with van der Waals surface area (Å²) >= 11 is 0. The van der Waals surface area contributed by atoms with Gasteiger partial charge in [0.2, 0.25) is 15.9 Å². The molecule has 2 rings (SSSR count). The van der Waals surface area contributed by atoms with E-state index in [-0.39, 0.29) is 23.0 Å². The lowest BCUT2D eigenvalue weighted by Gasteiger charge is -2.26. The lowest BCUT2D eigenvalue weighted by atomic mass is 10.1. The summed E-state index contributed by atoms with van der Waals surface area (Å²) in [5.41, 5.74) is 5.81. The molecule has 3 N–H and O–H groups in total. The number of likely N-dealkylation sites (tertiary alicyclic amines) is 1. The van der Waals surface area contributed by atoms with Crippen LogP contribution in [0.15, 0.2) is 29.2 Å². The Bertz CT molecular complexity index is 580. The molecular weight excluding hydrogens is 278 g/mol. The average molecular weight is 297 g/mol. The minimum absolute atomic E-state index is 0.00597. The lowest BCUT2D eigenvalue weighted by molar-refractivity contribution is -0.130. The number of nitrogen functional groups attached to an aromatic ring is 1. The Morgan fingerprint density at radius 3 is 2.50 bits per heavy atom. The number of nitrogens with two attached hydrogens (primary N) is 1. The number of para-hydroxylation sites is 1. The van der Waals surface area contributed by atoms with E-state index >= 15 is 0 Å². The number of benzene rings is 1. The van der Waals surface area contributed by atoms with Crippen molar-refractivity contribution in [3.05, 3.63) is 24.3 Å². The predicted molar refractivity (Wildman–Crippen MR) is 76.5 cm³/mol. The monoisotopic (exact) mass is 297 g/mol. The third kappa shape index (κ3) is 3.49. The number of rotatable bonds is 4. The van der Waals surface area contributed by atoms with Crippen LogP contribution in [0.5, 0.6) is 0 Å². The van der Waals surface area contributed by atoms with Crippen molar-refractivity contribution in [3.8, 4) is 0 Å². The minimum Gasteiger partial charge on any atom is -0.398 e. The Morgan fingerprint density at radius 2 is 1.85 bits per heavy atom. The number of hydrogen-bond donors (Lipinski definition) is 2. The zero-order valence-electron chi connectivity index (χ0n) is 11.2. The van der Waals surface area contributed by atoms with Gasteiger partial charge in [0, 0.05) is 13.1 Å². The van der Waals surface area contributed by atoms with Crippen LogP contribution in [0.2, 0.25) is 0 Å². The van der Waals surface area contributed by atoms with Gasteiger partial charge in [0.15, 0.2) is 0 Å². The van der Waals surface area contributed by atoms with E-state index in [1.165, 1.54) is 12.1 Å². The summed E-state index contributed by atoms with van der Waals surface area (Å²) in [6.07, 6.45) is 3.07. The van der Waals surface area contributed by atoms with Crippen molar-refractivity contribution in [2.75, 3.05) is 25.4 Å². The number of carbonyl (C=O) groups is 1. The molecule has 0 spiro atoms. The van der Waals surface area contributed by atoms with E-state index in [0.29, 0.717) is 13.1 Å². The van der Waals surface area contributed by atoms with Gasteiger partial charge < -0.3 is 10.6 Å². The molecule has 0 radical (unpaired) electrons. The third-order valence-electron chi connectivity index (χ3n) is 3.33. The number of nitrogens with one attached hydrogen (secondary N) is 1. The van der Waals surface area contributed by atoms with Gasteiger partial charge in [0.25, 0.3) is 0 Å². The summed E-state index contributed by atoms with van der Waals surface area (Å²) in [6.45, 7) is 1.18. The molecule has 1 aromatic rings. The number of amides is 1. The van der Waals surface area contributed by atoms with Gasteiger partial charge in [-0.25, -0.2) is 13.1 Å². The normalized spacial score (nSPS) is 16.1. The van der Waals surface area contributed by atoms with Crippen molar-refractivity contribution >= 4 is 21.6 Å². The van der Waals surface area contributed by atoms with E-state index in [0.717, 1.165) is 19.3 Å². The fourth-order valence-electron chi connectivity index (χ4n) is 2.21. The fraction of sp³-hybridized carbons (Fsp3) is 0.462. The van der Waals surface area contributed by atoms with Crippen LogP contribution in [0.1, 0.15) is 19.3 Å². The SMILES string of the molecule is Nc1ccccc1S(=O)(=O)NCC(=O)N1CCCCC1. The van der Waals surface area contributed by atoms with E-state index in [9.17, 15) is 13.2 Å². The first-order valence-electron chi connectivity index (χ1n) is 6.62. The molecule has 6 nitrogen and oxygen atoms in total. The van der Waals surface area contributed by atoms with Gasteiger partial charge in [-0.1, -0.05) is 12.1 Å². The quantitative estimate of drug-likeness (QED) is 0.794. The van der Waals surface area contributed by atoms with Crippen LogP contribution in [-0.2, 0) is 14.8 Å². The minimum atomic E-state index is -3.75. The summed E-state index contributed by atoms with van der Waals surface area (Å²) in [5, 5.41) is 0. The molecule has 1 fully saturated rings. The molecule has 1 aliphatic heterocycles. The number of carbonyl (C=O) groups excluding carboxylic acids is 1. The van der Waals surface area contributed by atoms with Crippen LogP contribution < -0.4 is 10.5 Å². The van der Waals surface area contributed by atoms with E-state index in [2.05, 4.69) is 4.72 Å². The Kier molecular flexibility index (Phi) is 4.61. The number of nitrogens with zero attached hydrogens (tertiary/aromatic N) is 1. The highest BCUT2D eigenvalue weighted by atomic mass is 32.2. The molecule has 0 saturated carbocycles. The molecule has 0 atom stereocenters. The molecule has 0 unspecified atom stereocenters. The first kappa shape index (κ1) is 14.8. The average Bonchev–Trinajstić information content (AvgIpc) is 2.46. The molecule has 0 aromatic heterocycles. The van der Waals surface area contributed by atoms with Crippen LogP contribution in [-0.4, -0.2) is 38.9 Å². The Hall–Kier alpha value is -1.60. The van der Waals surface area contributed by atoms with Gasteiger partial charge in [0.1, 0.15) is 4.90 Å². The third-order valence-corrected chi connectivity index (χ3v) is 4.81. The van der Waals surface area contributed by atoms with Crippen LogP contribution in [0.3, 0.4) is 0 Å². The van der Waals surface area contributed by atoms with Crippen molar-refractivity contribution in [2.45, 2.75) is 24.2 Å². The molecule has 20 heavy (non-hydrogen) atoms. The van der Waals surface area contributed by atoms with Gasteiger partial charge in [-0.3, -0.25) is 4.79 Å². The number of anilines is 1. The van der Waals surface area contributed by atoms with Gasteiger partial charge >= 0.3 is 0 Å². The molecule has 1 aromatic carbocycles. The van der Waals surface area contributed by atoms with Gasteiger partial charge in [-0.05, 0) is 31.4 Å². The zero-order chi connectivity index (χ0) is 14.6. The molecule has 0 aliphatic carbocycles. The highest BCUT2D eigenvalue weighted by Crippen LogP contribution is 2.16. The van der Waals surface area contributed by atoms with Crippen molar-refractivity contribution < 1.29 is 13.2 Å². The summed E-state index contributed by atoms with van der Waals surface area (Å²) in [6, 6.07) is 6.19. The Morgan fingerprint density at radius 1 is 1.20 bits per heavy atom. The highest BCUT2D eigenvalue weighted by molar-refractivity contribution is 7.89. The molecular formula is C13H19N3O3S.